The predicted octanol–water partition coefficient (Wildman–Crippen LogP) is 4.17. The molecule has 2 aliphatic rings. The van der Waals surface area contributed by atoms with Gasteiger partial charge in [0.15, 0.2) is 0 Å². The first-order valence-electron chi connectivity index (χ1n) is 7.70. The first-order valence-corrected chi connectivity index (χ1v) is 7.70. The van der Waals surface area contributed by atoms with Gasteiger partial charge >= 0.3 is 11.9 Å². The normalized spacial score (nSPS) is 12.6. The second-order valence-corrected chi connectivity index (χ2v) is 6.38. The third-order valence-corrected chi connectivity index (χ3v) is 4.30. The Morgan fingerprint density at radius 1 is 1.04 bits per heavy atom. The number of carboxylic acids is 2. The topological polar surface area (TPSA) is 74.6 Å². The molecule has 0 aromatic heterocycles. The summed E-state index contributed by atoms with van der Waals surface area (Å²) in [6.45, 7) is 8.10. The highest BCUT2D eigenvalue weighted by molar-refractivity contribution is 5.88. The van der Waals surface area contributed by atoms with E-state index < -0.39 is 24.3 Å². The average molecular weight is 314 g/mol. The van der Waals surface area contributed by atoms with Crippen LogP contribution in [0.2, 0.25) is 0 Å². The molecule has 0 aliphatic heterocycles. The summed E-state index contributed by atoms with van der Waals surface area (Å²) < 4.78 is 0. The zero-order valence-electron chi connectivity index (χ0n) is 13.9. The lowest BCUT2D eigenvalue weighted by Gasteiger charge is -2.12. The zero-order chi connectivity index (χ0) is 17.3. The highest BCUT2D eigenvalue weighted by Crippen LogP contribution is 2.40. The molecule has 0 saturated carbocycles. The lowest BCUT2D eigenvalue weighted by atomic mass is 9.91. The number of aryl methyl sites for hydroxylation is 2. The summed E-state index contributed by atoms with van der Waals surface area (Å²) in [5.41, 5.74) is 5.58. The monoisotopic (exact) mass is 314 g/mol. The van der Waals surface area contributed by atoms with Crippen molar-refractivity contribution in [2.45, 2.75) is 46.0 Å². The lowest BCUT2D eigenvalue weighted by Crippen LogP contribution is -2.16. The Morgan fingerprint density at radius 3 is 2.22 bits per heavy atom. The largest absolute Gasteiger partial charge is 0.481 e. The first kappa shape index (κ1) is 17.0. The molecule has 2 N–H and O–H groups in total. The smallest absolute Gasteiger partial charge is 0.311 e. The van der Waals surface area contributed by atoms with E-state index in [1.54, 1.807) is 0 Å². The van der Waals surface area contributed by atoms with Crippen molar-refractivity contribution in [1.82, 2.24) is 0 Å². The Kier molecular flexibility index (Phi) is 4.73. The van der Waals surface area contributed by atoms with Crippen molar-refractivity contribution >= 4 is 11.9 Å². The molecule has 122 valence electrons. The van der Waals surface area contributed by atoms with Gasteiger partial charge in [-0.25, -0.2) is 0 Å². The number of carboxylic acid groups (broad SMARTS) is 2. The van der Waals surface area contributed by atoms with Crippen molar-refractivity contribution in [1.29, 1.82) is 0 Å². The molecule has 0 spiro atoms. The second-order valence-electron chi connectivity index (χ2n) is 6.38. The van der Waals surface area contributed by atoms with E-state index in [0.29, 0.717) is 11.5 Å². The summed E-state index contributed by atoms with van der Waals surface area (Å²) in [6, 6.07) is 7.95. The molecular weight excluding hydrogens is 292 g/mol. The van der Waals surface area contributed by atoms with E-state index in [1.807, 2.05) is 26.0 Å². The van der Waals surface area contributed by atoms with Crippen molar-refractivity contribution in [2.75, 3.05) is 0 Å². The summed E-state index contributed by atoms with van der Waals surface area (Å²) in [5, 5.41) is 18.5. The second kappa shape index (κ2) is 6.41. The van der Waals surface area contributed by atoms with E-state index in [2.05, 4.69) is 26.0 Å². The van der Waals surface area contributed by atoms with Crippen LogP contribution in [0.25, 0.3) is 11.1 Å². The maximum atomic E-state index is 11.6. The van der Waals surface area contributed by atoms with Gasteiger partial charge in [-0.15, -0.1) is 0 Å². The molecule has 4 nitrogen and oxygen atoms in total. The number of carbonyl (C=O) groups is 2. The molecule has 0 bridgehead atoms. The third kappa shape index (κ3) is 3.36. The van der Waals surface area contributed by atoms with Crippen LogP contribution in [0.15, 0.2) is 24.3 Å². The van der Waals surface area contributed by atoms with Gasteiger partial charge in [0.05, 0.1) is 12.3 Å². The molecule has 0 amide bonds. The van der Waals surface area contributed by atoms with Gasteiger partial charge in [0, 0.05) is 0 Å². The van der Waals surface area contributed by atoms with Crippen LogP contribution >= 0.6 is 0 Å². The van der Waals surface area contributed by atoms with E-state index in [1.165, 1.54) is 5.56 Å². The molecule has 0 aromatic rings. The van der Waals surface area contributed by atoms with Crippen LogP contribution in [-0.4, -0.2) is 22.2 Å². The van der Waals surface area contributed by atoms with Crippen LogP contribution in [0.1, 0.15) is 54.4 Å². The van der Waals surface area contributed by atoms with E-state index in [9.17, 15) is 14.7 Å². The average Bonchev–Trinajstić information content (AvgIpc) is 2.64. The molecule has 1 atom stereocenters. The van der Waals surface area contributed by atoms with Crippen LogP contribution in [0.5, 0.6) is 0 Å². The van der Waals surface area contributed by atoms with Gasteiger partial charge < -0.3 is 10.2 Å². The summed E-state index contributed by atoms with van der Waals surface area (Å²) in [5.74, 6) is -2.89. The van der Waals surface area contributed by atoms with E-state index in [0.717, 1.165) is 22.3 Å². The summed E-state index contributed by atoms with van der Waals surface area (Å²) >= 11 is 0. The van der Waals surface area contributed by atoms with Crippen molar-refractivity contribution < 1.29 is 19.8 Å². The zero-order valence-corrected chi connectivity index (χ0v) is 13.9. The van der Waals surface area contributed by atoms with Crippen LogP contribution < -0.4 is 0 Å². The van der Waals surface area contributed by atoms with Crippen molar-refractivity contribution in [2.24, 2.45) is 0 Å². The molecule has 4 heteroatoms. The molecule has 1 unspecified atom stereocenters. The van der Waals surface area contributed by atoms with Crippen LogP contribution in [0.3, 0.4) is 0 Å². The molecule has 0 saturated heterocycles. The Labute approximate surface area is 136 Å². The van der Waals surface area contributed by atoms with Gasteiger partial charge in [-0.2, -0.15) is 0 Å². The molecule has 0 fully saturated rings. The molecule has 0 heterocycles. The van der Waals surface area contributed by atoms with E-state index in [-0.39, 0.29) is 0 Å². The van der Waals surface area contributed by atoms with Gasteiger partial charge in [0.25, 0.3) is 0 Å². The standard InChI is InChI=1S/C19H22O4/c1-10(2)13-6-5-11(3)18-14(8-13)12(4)7-15(18)16(19(22)23)9-17(20)21/h5-8,10,16H,9H2,1-4H3,(H,20,21)(H,22,23). The van der Waals surface area contributed by atoms with Gasteiger partial charge in [-0.3, -0.25) is 9.59 Å². The minimum Gasteiger partial charge on any atom is -0.481 e. The summed E-state index contributed by atoms with van der Waals surface area (Å²) in [7, 11) is 0. The third-order valence-electron chi connectivity index (χ3n) is 4.30. The summed E-state index contributed by atoms with van der Waals surface area (Å²) in [4.78, 5) is 22.6. The Bertz CT molecular complexity index is 731. The Balaban J connectivity index is 2.69. The van der Waals surface area contributed by atoms with Gasteiger partial charge in [-0.05, 0) is 53.1 Å². The van der Waals surface area contributed by atoms with Gasteiger partial charge in [0.2, 0.25) is 0 Å². The van der Waals surface area contributed by atoms with Crippen LogP contribution in [0.4, 0.5) is 0 Å². The molecule has 2 rings (SSSR count). The molecule has 23 heavy (non-hydrogen) atoms. The number of hydrogen-bond donors (Lipinski definition) is 2. The number of hydrogen-bond acceptors (Lipinski definition) is 2. The molecule has 0 radical (unpaired) electrons. The fourth-order valence-electron chi connectivity index (χ4n) is 3.02. The van der Waals surface area contributed by atoms with Crippen LogP contribution in [0, 0.1) is 13.8 Å². The maximum Gasteiger partial charge on any atom is 0.311 e. The van der Waals surface area contributed by atoms with Crippen molar-refractivity contribution in [3.05, 3.63) is 46.5 Å². The van der Waals surface area contributed by atoms with Crippen molar-refractivity contribution in [3.63, 3.8) is 0 Å². The predicted molar refractivity (Wildman–Crippen MR) is 89.3 cm³/mol. The van der Waals surface area contributed by atoms with E-state index in [4.69, 9.17) is 5.11 Å². The number of aliphatic carboxylic acids is 2. The van der Waals surface area contributed by atoms with E-state index >= 15 is 0 Å². The first-order chi connectivity index (χ1) is 10.7. The molecule has 0 aromatic carbocycles. The molecular formula is C19H22O4. The highest BCUT2D eigenvalue weighted by Gasteiger charge is 2.29. The quantitative estimate of drug-likeness (QED) is 0.868. The Morgan fingerprint density at radius 2 is 1.70 bits per heavy atom. The minimum absolute atomic E-state index is 0.358. The number of fused-ring (bicyclic) bond motifs is 1. The Hall–Kier alpha value is -2.36. The molecule has 2 aliphatic carbocycles. The number of rotatable bonds is 5. The SMILES string of the molecule is Cc1cc(C(CC(=O)O)C(=O)O)c2c(C)ccc(C(C)C)cc1-2. The minimum atomic E-state index is -1.11. The van der Waals surface area contributed by atoms with Gasteiger partial charge in [-0.1, -0.05) is 38.1 Å². The van der Waals surface area contributed by atoms with Crippen LogP contribution in [-0.2, 0) is 9.59 Å². The lowest BCUT2D eigenvalue weighted by molar-refractivity contribution is -0.145. The highest BCUT2D eigenvalue weighted by atomic mass is 16.4. The fourth-order valence-corrected chi connectivity index (χ4v) is 3.02. The van der Waals surface area contributed by atoms with Gasteiger partial charge in [0.1, 0.15) is 0 Å². The fraction of sp³-hybridized carbons (Fsp3) is 0.368. The summed E-state index contributed by atoms with van der Waals surface area (Å²) in [6.07, 6.45) is -0.414. The van der Waals surface area contributed by atoms with Crippen molar-refractivity contribution in [3.8, 4) is 11.1 Å². The maximum absolute atomic E-state index is 11.6.